The lowest BCUT2D eigenvalue weighted by atomic mass is 9.97. The van der Waals surface area contributed by atoms with Gasteiger partial charge in [-0.2, -0.15) is 0 Å². The summed E-state index contributed by atoms with van der Waals surface area (Å²) in [6.07, 6.45) is 1.70. The van der Waals surface area contributed by atoms with Crippen LogP contribution in [-0.4, -0.2) is 55.8 Å². The minimum absolute atomic E-state index is 0. The summed E-state index contributed by atoms with van der Waals surface area (Å²) >= 11 is 0. The SMILES string of the molecule is CCNC(=NCc1ccccc1OC)NCC1CCN(C(=O)OC(C)(C)C)CC1.I. The van der Waals surface area contributed by atoms with Crippen molar-refractivity contribution in [1.82, 2.24) is 15.5 Å². The maximum Gasteiger partial charge on any atom is 0.410 e. The van der Waals surface area contributed by atoms with Crippen LogP contribution in [0.2, 0.25) is 0 Å². The molecule has 1 heterocycles. The summed E-state index contributed by atoms with van der Waals surface area (Å²) < 4.78 is 10.9. The van der Waals surface area contributed by atoms with E-state index < -0.39 is 5.60 Å². The zero-order valence-corrected chi connectivity index (χ0v) is 21.2. The molecule has 7 nitrogen and oxygen atoms in total. The molecule has 2 rings (SSSR count). The largest absolute Gasteiger partial charge is 0.496 e. The summed E-state index contributed by atoms with van der Waals surface area (Å²) in [6, 6.07) is 7.92. The lowest BCUT2D eigenvalue weighted by Crippen LogP contribution is -2.45. The van der Waals surface area contributed by atoms with E-state index in [9.17, 15) is 4.79 Å². The third-order valence-corrected chi connectivity index (χ3v) is 4.77. The van der Waals surface area contributed by atoms with Gasteiger partial charge in [-0.05, 0) is 52.5 Å². The fourth-order valence-corrected chi connectivity index (χ4v) is 3.23. The molecule has 1 aromatic carbocycles. The van der Waals surface area contributed by atoms with Gasteiger partial charge in [-0.25, -0.2) is 9.79 Å². The Bertz CT molecular complexity index is 683. The Kier molecular flexibility index (Phi) is 11.3. The van der Waals surface area contributed by atoms with Crippen molar-refractivity contribution >= 4 is 36.0 Å². The summed E-state index contributed by atoms with van der Waals surface area (Å²) in [6.45, 7) is 11.4. The molecule has 1 saturated heterocycles. The number of nitrogens with one attached hydrogen (secondary N) is 2. The zero-order valence-electron chi connectivity index (χ0n) is 18.9. The zero-order chi connectivity index (χ0) is 21.3. The second-order valence-electron chi connectivity index (χ2n) is 8.30. The highest BCUT2D eigenvalue weighted by Crippen LogP contribution is 2.20. The number of guanidine groups is 1. The van der Waals surface area contributed by atoms with Crippen molar-refractivity contribution in [2.75, 3.05) is 33.3 Å². The molecule has 1 aromatic rings. The molecule has 0 bridgehead atoms. The van der Waals surface area contributed by atoms with Gasteiger partial charge in [0.05, 0.1) is 13.7 Å². The first-order chi connectivity index (χ1) is 13.8. The predicted molar refractivity (Wildman–Crippen MR) is 132 cm³/mol. The summed E-state index contributed by atoms with van der Waals surface area (Å²) in [4.78, 5) is 18.7. The monoisotopic (exact) mass is 532 g/mol. The number of hydrogen-bond donors (Lipinski definition) is 2. The molecule has 8 heteroatoms. The topological polar surface area (TPSA) is 75.2 Å². The van der Waals surface area contributed by atoms with Crippen molar-refractivity contribution in [3.63, 3.8) is 0 Å². The highest BCUT2D eigenvalue weighted by molar-refractivity contribution is 14.0. The van der Waals surface area contributed by atoms with Crippen molar-refractivity contribution in [3.05, 3.63) is 29.8 Å². The van der Waals surface area contributed by atoms with E-state index in [0.717, 1.165) is 56.3 Å². The number of hydrogen-bond acceptors (Lipinski definition) is 4. The van der Waals surface area contributed by atoms with Gasteiger partial charge in [0.2, 0.25) is 0 Å². The van der Waals surface area contributed by atoms with Crippen LogP contribution in [0.1, 0.15) is 46.1 Å². The fraction of sp³-hybridized carbons (Fsp3) is 0.636. The van der Waals surface area contributed by atoms with Crippen LogP contribution >= 0.6 is 24.0 Å². The van der Waals surface area contributed by atoms with Crippen LogP contribution in [0.4, 0.5) is 4.79 Å². The molecule has 0 aromatic heterocycles. The summed E-state index contributed by atoms with van der Waals surface area (Å²) in [5.41, 5.74) is 0.603. The average molecular weight is 532 g/mol. The van der Waals surface area contributed by atoms with Gasteiger partial charge in [0.1, 0.15) is 11.4 Å². The minimum Gasteiger partial charge on any atom is -0.496 e. The number of ether oxygens (including phenoxy) is 2. The second kappa shape index (κ2) is 12.9. The van der Waals surface area contributed by atoms with E-state index in [-0.39, 0.29) is 30.1 Å². The van der Waals surface area contributed by atoms with Crippen LogP contribution in [0.5, 0.6) is 5.75 Å². The second-order valence-corrected chi connectivity index (χ2v) is 8.30. The number of para-hydroxylation sites is 1. The molecule has 0 unspecified atom stereocenters. The molecule has 1 aliphatic rings. The summed E-state index contributed by atoms with van der Waals surface area (Å²) in [5.74, 6) is 2.15. The van der Waals surface area contributed by atoms with Gasteiger partial charge in [0.15, 0.2) is 5.96 Å². The Labute approximate surface area is 198 Å². The maximum absolute atomic E-state index is 12.2. The fourth-order valence-electron chi connectivity index (χ4n) is 3.23. The Balaban J connectivity index is 0.00000450. The third kappa shape index (κ3) is 8.97. The Morgan fingerprint density at radius 3 is 2.47 bits per heavy atom. The van der Waals surface area contributed by atoms with Crippen molar-refractivity contribution in [1.29, 1.82) is 0 Å². The number of carbonyl (C=O) groups is 1. The Morgan fingerprint density at radius 1 is 1.20 bits per heavy atom. The number of rotatable bonds is 6. The van der Waals surface area contributed by atoms with Crippen LogP contribution in [0, 0.1) is 5.92 Å². The molecule has 0 radical (unpaired) electrons. The highest BCUT2D eigenvalue weighted by Gasteiger charge is 2.26. The molecule has 0 atom stereocenters. The number of piperidine rings is 1. The first-order valence-electron chi connectivity index (χ1n) is 10.4. The van der Waals surface area contributed by atoms with E-state index in [0.29, 0.717) is 12.5 Å². The van der Waals surface area contributed by atoms with Crippen molar-refractivity contribution in [2.45, 2.75) is 52.7 Å². The van der Waals surface area contributed by atoms with Crippen molar-refractivity contribution in [3.8, 4) is 5.75 Å². The van der Waals surface area contributed by atoms with Gasteiger partial charge in [0.25, 0.3) is 0 Å². The van der Waals surface area contributed by atoms with Gasteiger partial charge >= 0.3 is 6.09 Å². The van der Waals surface area contributed by atoms with Gasteiger partial charge in [-0.3, -0.25) is 0 Å². The van der Waals surface area contributed by atoms with Gasteiger partial charge in [-0.1, -0.05) is 18.2 Å². The summed E-state index contributed by atoms with van der Waals surface area (Å²) in [5, 5.41) is 6.74. The van der Waals surface area contributed by atoms with E-state index in [2.05, 4.69) is 17.6 Å². The van der Waals surface area contributed by atoms with Gasteiger partial charge in [-0.15, -0.1) is 24.0 Å². The first kappa shape index (κ1) is 26.3. The predicted octanol–water partition coefficient (Wildman–Crippen LogP) is 4.02. The molecule has 1 aliphatic heterocycles. The number of nitrogens with zero attached hydrogens (tertiary/aromatic N) is 2. The number of methoxy groups -OCH3 is 1. The number of benzene rings is 1. The van der Waals surface area contributed by atoms with Crippen molar-refractivity contribution < 1.29 is 14.3 Å². The van der Waals surface area contributed by atoms with E-state index >= 15 is 0 Å². The maximum atomic E-state index is 12.2. The molecule has 2 N–H and O–H groups in total. The van der Waals surface area contributed by atoms with Crippen LogP contribution in [-0.2, 0) is 11.3 Å². The number of likely N-dealkylation sites (tertiary alicyclic amines) is 1. The van der Waals surface area contributed by atoms with E-state index in [1.54, 1.807) is 7.11 Å². The molecule has 0 saturated carbocycles. The Morgan fingerprint density at radius 2 is 1.87 bits per heavy atom. The van der Waals surface area contributed by atoms with Crippen molar-refractivity contribution in [2.24, 2.45) is 10.9 Å². The number of halogens is 1. The molecule has 1 amide bonds. The number of amides is 1. The number of aliphatic imine (C=N–C) groups is 1. The standard InChI is InChI=1S/C22H36N4O3.HI/c1-6-23-20(25-16-18-9-7-8-10-19(18)28-5)24-15-17-11-13-26(14-12-17)21(27)29-22(2,3)4;/h7-10,17H,6,11-16H2,1-5H3,(H2,23,24,25);1H. The van der Waals surface area contributed by atoms with Gasteiger partial charge in [0, 0.05) is 31.7 Å². The molecule has 0 aliphatic carbocycles. The van der Waals surface area contributed by atoms with E-state index in [1.165, 1.54) is 0 Å². The molecular formula is C22H37IN4O3. The molecular weight excluding hydrogens is 495 g/mol. The highest BCUT2D eigenvalue weighted by atomic mass is 127. The smallest absolute Gasteiger partial charge is 0.410 e. The molecule has 0 spiro atoms. The van der Waals surface area contributed by atoms with Crippen LogP contribution in [0.3, 0.4) is 0 Å². The molecule has 1 fully saturated rings. The van der Waals surface area contributed by atoms with Crippen LogP contribution < -0.4 is 15.4 Å². The molecule has 30 heavy (non-hydrogen) atoms. The van der Waals surface area contributed by atoms with E-state index in [4.69, 9.17) is 14.5 Å². The van der Waals surface area contributed by atoms with Crippen LogP contribution in [0.25, 0.3) is 0 Å². The third-order valence-electron chi connectivity index (χ3n) is 4.77. The van der Waals surface area contributed by atoms with Gasteiger partial charge < -0.3 is 25.0 Å². The normalized spacial score (nSPS) is 15.2. The molecule has 170 valence electrons. The first-order valence-corrected chi connectivity index (χ1v) is 10.4. The Hall–Kier alpha value is -1.71. The lowest BCUT2D eigenvalue weighted by molar-refractivity contribution is 0.0185. The number of carbonyl (C=O) groups excluding carboxylic acids is 1. The summed E-state index contributed by atoms with van der Waals surface area (Å²) in [7, 11) is 1.68. The average Bonchev–Trinajstić information content (AvgIpc) is 2.69. The van der Waals surface area contributed by atoms with E-state index in [1.807, 2.05) is 49.9 Å². The van der Waals surface area contributed by atoms with Crippen LogP contribution in [0.15, 0.2) is 29.3 Å². The lowest BCUT2D eigenvalue weighted by Gasteiger charge is -2.33. The quantitative estimate of drug-likeness (QED) is 0.329. The minimum atomic E-state index is -0.450.